The third-order valence-electron chi connectivity index (χ3n) is 3.44. The molecule has 3 nitrogen and oxygen atoms in total. The Kier molecular flexibility index (Phi) is 6.39. The second-order valence-corrected chi connectivity index (χ2v) is 7.08. The van der Waals surface area contributed by atoms with E-state index in [4.69, 9.17) is 4.74 Å². The van der Waals surface area contributed by atoms with Gasteiger partial charge in [0.25, 0.3) is 0 Å². The number of halogens is 2. The second-order valence-electron chi connectivity index (χ2n) is 5.40. The van der Waals surface area contributed by atoms with Crippen molar-refractivity contribution < 1.29 is 9.53 Å². The first-order valence-corrected chi connectivity index (χ1v) is 9.52. The van der Waals surface area contributed by atoms with E-state index in [2.05, 4.69) is 43.5 Å². The van der Waals surface area contributed by atoms with Crippen molar-refractivity contribution in [3.05, 3.63) is 64.1 Å². The lowest BCUT2D eigenvalue weighted by atomic mass is 9.85. The van der Waals surface area contributed by atoms with Gasteiger partial charge in [0.1, 0.15) is 11.3 Å². The normalized spacial score (nSPS) is 13.3. The summed E-state index contributed by atoms with van der Waals surface area (Å²) in [5, 5.41) is 0. The summed E-state index contributed by atoms with van der Waals surface area (Å²) >= 11 is 5.74. The van der Waals surface area contributed by atoms with Crippen molar-refractivity contribution >= 4 is 44.6 Å². The lowest BCUT2D eigenvalue weighted by Crippen LogP contribution is -2.27. The molecule has 0 heterocycles. The average Bonchev–Trinajstić information content (AvgIpc) is 2.53. The maximum Gasteiger partial charge on any atom is 0.236 e. The highest BCUT2D eigenvalue weighted by atomic mass is 127. The molecule has 0 bridgehead atoms. The lowest BCUT2D eigenvalue weighted by molar-refractivity contribution is 0.242. The van der Waals surface area contributed by atoms with E-state index in [0.29, 0.717) is 4.43 Å². The van der Waals surface area contributed by atoms with Crippen molar-refractivity contribution in [1.82, 2.24) is 0 Å². The topological polar surface area (TPSA) is 38.7 Å². The standard InChI is InChI=1S/C18H17BrINO2/c1-13(2)23-17-8-6-14(7-9-17)18(11-20,21-12-22)15-4-3-5-16(19)10-15/h3-10,13H,11H2,1-2H3. The highest BCUT2D eigenvalue weighted by Gasteiger charge is 2.33. The van der Waals surface area contributed by atoms with Crippen molar-refractivity contribution in [3.8, 4) is 5.75 Å². The number of benzene rings is 2. The maximum absolute atomic E-state index is 11.1. The minimum Gasteiger partial charge on any atom is -0.491 e. The van der Waals surface area contributed by atoms with Crippen LogP contribution in [-0.4, -0.2) is 16.6 Å². The Hall–Kier alpha value is -1.17. The summed E-state index contributed by atoms with van der Waals surface area (Å²) in [5.74, 6) is 0.801. The van der Waals surface area contributed by atoms with Crippen molar-refractivity contribution in [2.45, 2.75) is 25.5 Å². The number of carbonyl (C=O) groups excluding carboxylic acids is 1. The number of isocyanates is 1. The van der Waals surface area contributed by atoms with E-state index >= 15 is 0 Å². The van der Waals surface area contributed by atoms with Crippen molar-refractivity contribution in [3.63, 3.8) is 0 Å². The highest BCUT2D eigenvalue weighted by molar-refractivity contribution is 14.1. The minimum absolute atomic E-state index is 0.119. The summed E-state index contributed by atoms with van der Waals surface area (Å²) in [5.41, 5.74) is 1.13. The zero-order chi connectivity index (χ0) is 16.9. The molecule has 0 spiro atoms. The van der Waals surface area contributed by atoms with Crippen LogP contribution >= 0.6 is 38.5 Å². The van der Waals surface area contributed by atoms with Crippen LogP contribution in [0.25, 0.3) is 0 Å². The number of hydrogen-bond acceptors (Lipinski definition) is 3. The van der Waals surface area contributed by atoms with Gasteiger partial charge in [0, 0.05) is 8.90 Å². The Balaban J connectivity index is 2.52. The number of alkyl halides is 1. The zero-order valence-corrected chi connectivity index (χ0v) is 16.7. The van der Waals surface area contributed by atoms with Gasteiger partial charge in [-0.1, -0.05) is 62.8 Å². The number of aliphatic imine (C=N–C) groups is 1. The van der Waals surface area contributed by atoms with Gasteiger partial charge < -0.3 is 4.74 Å². The Morgan fingerprint density at radius 2 is 1.91 bits per heavy atom. The predicted octanol–water partition coefficient (Wildman–Crippen LogP) is 5.25. The molecule has 1 atom stereocenters. The summed E-state index contributed by atoms with van der Waals surface area (Å²) in [6.45, 7) is 3.97. The summed E-state index contributed by atoms with van der Waals surface area (Å²) in [6, 6.07) is 15.6. The molecular formula is C18H17BrINO2. The van der Waals surface area contributed by atoms with Crippen LogP contribution in [0.5, 0.6) is 5.75 Å². The molecule has 1 unspecified atom stereocenters. The van der Waals surface area contributed by atoms with Gasteiger partial charge in [-0.2, -0.15) is 4.99 Å². The van der Waals surface area contributed by atoms with Crippen LogP contribution in [0.3, 0.4) is 0 Å². The van der Waals surface area contributed by atoms with Gasteiger partial charge in [0.05, 0.1) is 6.10 Å². The molecule has 0 aromatic heterocycles. The largest absolute Gasteiger partial charge is 0.491 e. The fourth-order valence-electron chi connectivity index (χ4n) is 2.38. The number of nitrogens with zero attached hydrogens (tertiary/aromatic N) is 1. The molecule has 0 saturated carbocycles. The molecular weight excluding hydrogens is 469 g/mol. The zero-order valence-electron chi connectivity index (χ0n) is 12.9. The van der Waals surface area contributed by atoms with Crippen LogP contribution in [0, 0.1) is 0 Å². The highest BCUT2D eigenvalue weighted by Crippen LogP contribution is 2.37. The van der Waals surface area contributed by atoms with Gasteiger partial charge >= 0.3 is 0 Å². The maximum atomic E-state index is 11.1. The van der Waals surface area contributed by atoms with E-state index in [0.717, 1.165) is 21.3 Å². The van der Waals surface area contributed by atoms with Gasteiger partial charge in [-0.3, -0.25) is 0 Å². The molecule has 2 aromatic carbocycles. The second kappa shape index (κ2) is 8.08. The molecule has 0 amide bonds. The summed E-state index contributed by atoms with van der Waals surface area (Å²) in [7, 11) is 0. The first-order valence-electron chi connectivity index (χ1n) is 7.20. The van der Waals surface area contributed by atoms with Gasteiger partial charge in [-0.15, -0.1) is 0 Å². The molecule has 2 rings (SSSR count). The molecule has 23 heavy (non-hydrogen) atoms. The van der Waals surface area contributed by atoms with Gasteiger partial charge in [-0.25, -0.2) is 4.79 Å². The molecule has 0 aliphatic carbocycles. The van der Waals surface area contributed by atoms with Crippen LogP contribution in [0.2, 0.25) is 0 Å². The number of hydrogen-bond donors (Lipinski definition) is 0. The summed E-state index contributed by atoms with van der Waals surface area (Å²) in [6.07, 6.45) is 1.87. The third kappa shape index (κ3) is 4.22. The molecule has 0 radical (unpaired) electrons. The Morgan fingerprint density at radius 3 is 2.43 bits per heavy atom. The van der Waals surface area contributed by atoms with Crippen molar-refractivity contribution in [2.75, 3.05) is 4.43 Å². The quantitative estimate of drug-likeness (QED) is 0.242. The molecule has 0 aliphatic rings. The molecule has 0 N–H and O–H groups in total. The molecule has 0 aliphatic heterocycles. The SMILES string of the molecule is CC(C)Oc1ccc(C(CI)(N=C=O)c2cccc(Br)c2)cc1. The van der Waals surface area contributed by atoms with Crippen LogP contribution in [0.15, 0.2) is 58.0 Å². The lowest BCUT2D eigenvalue weighted by Gasteiger charge is -2.28. The molecule has 5 heteroatoms. The Labute approximate surface area is 158 Å². The minimum atomic E-state index is -0.748. The predicted molar refractivity (Wildman–Crippen MR) is 104 cm³/mol. The smallest absolute Gasteiger partial charge is 0.236 e. The van der Waals surface area contributed by atoms with Crippen LogP contribution < -0.4 is 4.74 Å². The number of rotatable bonds is 6. The van der Waals surface area contributed by atoms with E-state index < -0.39 is 5.54 Å². The van der Waals surface area contributed by atoms with Crippen LogP contribution in [0.4, 0.5) is 0 Å². The van der Waals surface area contributed by atoms with Crippen LogP contribution in [-0.2, 0) is 10.3 Å². The third-order valence-corrected chi connectivity index (χ3v) is 5.03. The fraction of sp³-hybridized carbons (Fsp3) is 0.278. The summed E-state index contributed by atoms with van der Waals surface area (Å²) < 4.78 is 7.26. The number of ether oxygens (including phenoxy) is 1. The van der Waals surface area contributed by atoms with E-state index in [1.165, 1.54) is 0 Å². The van der Waals surface area contributed by atoms with Crippen molar-refractivity contribution in [1.29, 1.82) is 0 Å². The first-order chi connectivity index (χ1) is 11.0. The van der Waals surface area contributed by atoms with E-state index in [-0.39, 0.29) is 6.10 Å². The van der Waals surface area contributed by atoms with E-state index in [9.17, 15) is 4.79 Å². The van der Waals surface area contributed by atoms with Gasteiger partial charge in [0.15, 0.2) is 0 Å². The molecule has 120 valence electrons. The monoisotopic (exact) mass is 485 g/mol. The van der Waals surface area contributed by atoms with Gasteiger partial charge in [0.2, 0.25) is 6.08 Å². The Bertz CT molecular complexity index is 711. The average molecular weight is 486 g/mol. The molecule has 0 fully saturated rings. The summed E-state index contributed by atoms with van der Waals surface area (Å²) in [4.78, 5) is 15.3. The molecule has 0 saturated heterocycles. The van der Waals surface area contributed by atoms with E-state index in [1.54, 1.807) is 6.08 Å². The van der Waals surface area contributed by atoms with E-state index in [1.807, 2.05) is 62.4 Å². The Morgan fingerprint density at radius 1 is 1.22 bits per heavy atom. The molecule has 2 aromatic rings. The fourth-order valence-corrected chi connectivity index (χ4v) is 3.84. The first kappa shape index (κ1) is 18.2. The van der Waals surface area contributed by atoms with Gasteiger partial charge in [-0.05, 0) is 49.2 Å². The van der Waals surface area contributed by atoms with Crippen LogP contribution in [0.1, 0.15) is 25.0 Å². The van der Waals surface area contributed by atoms with Crippen molar-refractivity contribution in [2.24, 2.45) is 4.99 Å².